The van der Waals surface area contributed by atoms with Crippen molar-refractivity contribution in [3.63, 3.8) is 0 Å². The standard InChI is InChI=1S/C19H23N3O4/c1-20-16(23)10-19(26)8-5-9-22(12-19)18(25)15-11-21(2)17(24)14-7-4-3-6-13(14)15/h3-4,6-7,11,26H,5,8-10,12H2,1-2H3,(H,20,23). The van der Waals surface area contributed by atoms with Crippen LogP contribution in [0.1, 0.15) is 29.6 Å². The van der Waals surface area contributed by atoms with E-state index in [0.717, 1.165) is 0 Å². The Hall–Kier alpha value is -2.67. The maximum Gasteiger partial charge on any atom is 0.258 e. The molecule has 26 heavy (non-hydrogen) atoms. The summed E-state index contributed by atoms with van der Waals surface area (Å²) in [6.45, 7) is 0.600. The summed E-state index contributed by atoms with van der Waals surface area (Å²) >= 11 is 0. The third-order valence-electron chi connectivity index (χ3n) is 4.93. The number of aliphatic hydroxyl groups is 1. The van der Waals surface area contributed by atoms with E-state index in [2.05, 4.69) is 5.32 Å². The zero-order chi connectivity index (χ0) is 18.9. The smallest absolute Gasteiger partial charge is 0.258 e. The molecular formula is C19H23N3O4. The van der Waals surface area contributed by atoms with Gasteiger partial charge in [0, 0.05) is 37.6 Å². The summed E-state index contributed by atoms with van der Waals surface area (Å²) in [7, 11) is 3.14. The average molecular weight is 357 g/mol. The highest BCUT2D eigenvalue weighted by molar-refractivity contribution is 6.06. The first-order valence-electron chi connectivity index (χ1n) is 8.65. The molecule has 0 radical (unpaired) electrons. The maximum absolute atomic E-state index is 13.1. The molecule has 0 saturated carbocycles. The summed E-state index contributed by atoms with van der Waals surface area (Å²) in [5.41, 5.74) is -0.969. The Kier molecular flexibility index (Phi) is 4.82. The number of aryl methyl sites for hydroxylation is 1. The van der Waals surface area contributed by atoms with Crippen LogP contribution in [0.2, 0.25) is 0 Å². The number of carbonyl (C=O) groups excluding carboxylic acids is 2. The van der Waals surface area contributed by atoms with Gasteiger partial charge in [-0.25, -0.2) is 0 Å². The molecule has 2 aromatic rings. The topological polar surface area (TPSA) is 91.6 Å². The van der Waals surface area contributed by atoms with Crippen LogP contribution in [-0.4, -0.2) is 52.1 Å². The van der Waals surface area contributed by atoms with E-state index in [9.17, 15) is 19.5 Å². The highest BCUT2D eigenvalue weighted by atomic mass is 16.3. The van der Waals surface area contributed by atoms with Crippen molar-refractivity contribution in [2.24, 2.45) is 7.05 Å². The number of nitrogens with zero attached hydrogens (tertiary/aromatic N) is 2. The van der Waals surface area contributed by atoms with Crippen LogP contribution in [0.4, 0.5) is 0 Å². The highest BCUT2D eigenvalue weighted by Gasteiger charge is 2.37. The fourth-order valence-electron chi connectivity index (χ4n) is 3.57. The van der Waals surface area contributed by atoms with Crippen molar-refractivity contribution in [3.05, 3.63) is 46.4 Å². The minimum atomic E-state index is -1.23. The van der Waals surface area contributed by atoms with E-state index in [1.54, 1.807) is 42.4 Å². The summed E-state index contributed by atoms with van der Waals surface area (Å²) < 4.78 is 1.40. The van der Waals surface area contributed by atoms with Crippen LogP contribution in [0.25, 0.3) is 10.8 Å². The van der Waals surface area contributed by atoms with Gasteiger partial charge in [-0.05, 0) is 18.9 Å². The molecule has 1 fully saturated rings. The van der Waals surface area contributed by atoms with Gasteiger partial charge in [-0.2, -0.15) is 0 Å². The van der Waals surface area contributed by atoms with E-state index in [1.165, 1.54) is 11.6 Å². The predicted molar refractivity (Wildman–Crippen MR) is 98.0 cm³/mol. The summed E-state index contributed by atoms with van der Waals surface area (Å²) in [6.07, 6.45) is 2.59. The van der Waals surface area contributed by atoms with Crippen molar-refractivity contribution in [3.8, 4) is 0 Å². The number of carbonyl (C=O) groups is 2. The summed E-state index contributed by atoms with van der Waals surface area (Å²) in [4.78, 5) is 38.7. The lowest BCUT2D eigenvalue weighted by Crippen LogP contribution is -2.52. The van der Waals surface area contributed by atoms with Crippen LogP contribution in [0.15, 0.2) is 35.3 Å². The van der Waals surface area contributed by atoms with Gasteiger partial charge in [0.15, 0.2) is 0 Å². The molecule has 7 heteroatoms. The Bertz CT molecular complexity index is 921. The molecule has 1 aromatic carbocycles. The van der Waals surface area contributed by atoms with E-state index >= 15 is 0 Å². The summed E-state index contributed by atoms with van der Waals surface area (Å²) in [5.74, 6) is -0.499. The number of β-amino-alcohol motifs (C(OH)–C–C–N with tert-alkyl or cyclic N) is 1. The number of hydrogen-bond donors (Lipinski definition) is 2. The highest BCUT2D eigenvalue weighted by Crippen LogP contribution is 2.27. The van der Waals surface area contributed by atoms with E-state index in [4.69, 9.17) is 0 Å². The lowest BCUT2D eigenvalue weighted by Gasteiger charge is -2.39. The zero-order valence-electron chi connectivity index (χ0n) is 15.0. The fraction of sp³-hybridized carbons (Fsp3) is 0.421. The van der Waals surface area contributed by atoms with Crippen LogP contribution >= 0.6 is 0 Å². The normalized spacial score (nSPS) is 20.2. The number of likely N-dealkylation sites (tertiary alicyclic amines) is 1. The molecule has 2 heterocycles. The predicted octanol–water partition coefficient (Wildman–Crippen LogP) is 0.642. The van der Waals surface area contributed by atoms with Crippen molar-refractivity contribution in [1.29, 1.82) is 0 Å². The average Bonchev–Trinajstić information content (AvgIpc) is 2.63. The zero-order valence-corrected chi connectivity index (χ0v) is 15.0. The molecule has 7 nitrogen and oxygen atoms in total. The van der Waals surface area contributed by atoms with Gasteiger partial charge in [-0.15, -0.1) is 0 Å². The second-order valence-electron chi connectivity index (χ2n) is 6.91. The number of pyridine rings is 1. The number of amides is 2. The molecule has 138 valence electrons. The van der Waals surface area contributed by atoms with E-state index < -0.39 is 5.60 Å². The van der Waals surface area contributed by atoms with Crippen LogP contribution in [0.5, 0.6) is 0 Å². The molecule has 0 bridgehead atoms. The Morgan fingerprint density at radius 2 is 1.96 bits per heavy atom. The van der Waals surface area contributed by atoms with Gasteiger partial charge < -0.3 is 19.9 Å². The Morgan fingerprint density at radius 1 is 1.27 bits per heavy atom. The number of aromatic nitrogens is 1. The van der Waals surface area contributed by atoms with Crippen molar-refractivity contribution in [1.82, 2.24) is 14.8 Å². The number of rotatable bonds is 3. The second kappa shape index (κ2) is 6.92. The number of nitrogens with one attached hydrogen (secondary N) is 1. The monoisotopic (exact) mass is 357 g/mol. The molecule has 3 rings (SSSR count). The minimum Gasteiger partial charge on any atom is -0.388 e. The molecule has 1 unspecified atom stereocenters. The van der Waals surface area contributed by atoms with Gasteiger partial charge >= 0.3 is 0 Å². The molecule has 0 aliphatic carbocycles. The van der Waals surface area contributed by atoms with Crippen molar-refractivity contribution < 1.29 is 14.7 Å². The van der Waals surface area contributed by atoms with Crippen molar-refractivity contribution >= 4 is 22.6 Å². The van der Waals surface area contributed by atoms with Gasteiger partial charge in [0.25, 0.3) is 11.5 Å². The molecular weight excluding hydrogens is 334 g/mol. The molecule has 1 atom stereocenters. The third kappa shape index (κ3) is 3.35. The van der Waals surface area contributed by atoms with Crippen LogP contribution < -0.4 is 10.9 Å². The first-order chi connectivity index (χ1) is 12.3. The SMILES string of the molecule is CNC(=O)CC1(O)CCCN(C(=O)c2cn(C)c(=O)c3ccccc23)C1. The lowest BCUT2D eigenvalue weighted by atomic mass is 9.88. The minimum absolute atomic E-state index is 0.0404. The van der Waals surface area contributed by atoms with Crippen LogP contribution in [-0.2, 0) is 11.8 Å². The molecule has 1 aliphatic rings. The second-order valence-corrected chi connectivity index (χ2v) is 6.91. The first kappa shape index (κ1) is 18.1. The maximum atomic E-state index is 13.1. The van der Waals surface area contributed by atoms with Gasteiger partial charge in [0.1, 0.15) is 0 Å². The quantitative estimate of drug-likeness (QED) is 0.843. The van der Waals surface area contributed by atoms with Crippen molar-refractivity contribution in [2.75, 3.05) is 20.1 Å². The Morgan fingerprint density at radius 3 is 2.65 bits per heavy atom. The van der Waals surface area contributed by atoms with Gasteiger partial charge in [-0.1, -0.05) is 18.2 Å². The number of fused-ring (bicyclic) bond motifs is 1. The largest absolute Gasteiger partial charge is 0.388 e. The van der Waals surface area contributed by atoms with Crippen LogP contribution in [0, 0.1) is 0 Å². The van der Waals surface area contributed by atoms with Gasteiger partial charge in [0.2, 0.25) is 5.91 Å². The van der Waals surface area contributed by atoms with Crippen molar-refractivity contribution in [2.45, 2.75) is 24.9 Å². The Balaban J connectivity index is 1.95. The lowest BCUT2D eigenvalue weighted by molar-refractivity contribution is -0.127. The summed E-state index contributed by atoms with van der Waals surface area (Å²) in [5, 5.41) is 14.3. The molecule has 1 aromatic heterocycles. The molecule has 2 amide bonds. The first-order valence-corrected chi connectivity index (χ1v) is 8.65. The number of hydrogen-bond acceptors (Lipinski definition) is 4. The third-order valence-corrected chi connectivity index (χ3v) is 4.93. The molecule has 1 aliphatic heterocycles. The molecule has 2 N–H and O–H groups in total. The number of piperidine rings is 1. The van der Waals surface area contributed by atoms with Crippen LogP contribution in [0.3, 0.4) is 0 Å². The molecule has 0 spiro atoms. The Labute approximate surface area is 151 Å². The van der Waals surface area contributed by atoms with E-state index in [1.807, 2.05) is 0 Å². The summed E-state index contributed by atoms with van der Waals surface area (Å²) in [6, 6.07) is 7.01. The van der Waals surface area contributed by atoms with E-state index in [0.29, 0.717) is 35.7 Å². The number of benzene rings is 1. The van der Waals surface area contributed by atoms with E-state index in [-0.39, 0.29) is 30.3 Å². The van der Waals surface area contributed by atoms with Gasteiger partial charge in [-0.3, -0.25) is 14.4 Å². The van der Waals surface area contributed by atoms with Gasteiger partial charge in [0.05, 0.1) is 24.1 Å². The molecule has 1 saturated heterocycles. The fourth-order valence-corrected chi connectivity index (χ4v) is 3.57.